The van der Waals surface area contributed by atoms with Gasteiger partial charge in [0.15, 0.2) is 0 Å². The third-order valence-electron chi connectivity index (χ3n) is 2.93. The topological polar surface area (TPSA) is 95.5 Å². The Bertz CT molecular complexity index is 488. The van der Waals surface area contributed by atoms with E-state index in [0.717, 1.165) is 0 Å². The number of hydrogen-bond donors (Lipinski definition) is 3. The number of amides is 2. The lowest BCUT2D eigenvalue weighted by Crippen LogP contribution is -2.40. The minimum atomic E-state index is -1.06. The number of aliphatic carboxylic acids is 1. The van der Waals surface area contributed by atoms with Crippen LogP contribution in [0.25, 0.3) is 0 Å². The second-order valence-electron chi connectivity index (χ2n) is 4.71. The molecule has 114 valence electrons. The molecule has 6 heteroatoms. The van der Waals surface area contributed by atoms with Crippen LogP contribution in [0.2, 0.25) is 0 Å². The monoisotopic (exact) mass is 292 g/mol. The SMILES string of the molecule is CC(=O)NCCCC[C@@H](NC(=O)c1ccccc1)C(=O)O. The summed E-state index contributed by atoms with van der Waals surface area (Å²) in [5, 5.41) is 14.3. The molecule has 0 aliphatic rings. The van der Waals surface area contributed by atoms with E-state index in [1.54, 1.807) is 30.3 Å². The van der Waals surface area contributed by atoms with Crippen molar-refractivity contribution in [2.75, 3.05) is 6.54 Å². The Morgan fingerprint density at radius 2 is 1.81 bits per heavy atom. The van der Waals surface area contributed by atoms with Crippen LogP contribution in [-0.4, -0.2) is 35.5 Å². The van der Waals surface area contributed by atoms with Crippen LogP contribution in [0.15, 0.2) is 30.3 Å². The largest absolute Gasteiger partial charge is 0.480 e. The summed E-state index contributed by atoms with van der Waals surface area (Å²) in [7, 11) is 0. The molecule has 0 aliphatic carbocycles. The van der Waals surface area contributed by atoms with Gasteiger partial charge in [0.25, 0.3) is 5.91 Å². The summed E-state index contributed by atoms with van der Waals surface area (Å²) in [4.78, 5) is 33.7. The third kappa shape index (κ3) is 6.56. The number of nitrogens with one attached hydrogen (secondary N) is 2. The highest BCUT2D eigenvalue weighted by molar-refractivity contribution is 5.96. The quantitative estimate of drug-likeness (QED) is 0.627. The molecule has 1 atom stereocenters. The van der Waals surface area contributed by atoms with Gasteiger partial charge in [-0.3, -0.25) is 9.59 Å². The maximum Gasteiger partial charge on any atom is 0.326 e. The van der Waals surface area contributed by atoms with Crippen molar-refractivity contribution in [1.29, 1.82) is 0 Å². The summed E-state index contributed by atoms with van der Waals surface area (Å²) in [5.41, 5.74) is 0.432. The Balaban J connectivity index is 2.41. The average molecular weight is 292 g/mol. The van der Waals surface area contributed by atoms with Crippen LogP contribution < -0.4 is 10.6 Å². The molecule has 0 aliphatic heterocycles. The minimum absolute atomic E-state index is 0.109. The van der Waals surface area contributed by atoms with E-state index >= 15 is 0 Å². The fraction of sp³-hybridized carbons (Fsp3) is 0.400. The lowest BCUT2D eigenvalue weighted by Gasteiger charge is -2.14. The van der Waals surface area contributed by atoms with Gasteiger partial charge in [-0.2, -0.15) is 0 Å². The Kier molecular flexibility index (Phi) is 6.94. The molecule has 1 aromatic carbocycles. The Hall–Kier alpha value is -2.37. The molecule has 0 heterocycles. The number of hydrogen-bond acceptors (Lipinski definition) is 3. The first kappa shape index (κ1) is 16.7. The molecular weight excluding hydrogens is 272 g/mol. The van der Waals surface area contributed by atoms with E-state index in [1.807, 2.05) is 0 Å². The summed E-state index contributed by atoms with van der Waals surface area (Å²) in [5.74, 6) is -1.56. The van der Waals surface area contributed by atoms with Crippen molar-refractivity contribution in [2.45, 2.75) is 32.2 Å². The van der Waals surface area contributed by atoms with E-state index in [0.29, 0.717) is 31.4 Å². The van der Waals surface area contributed by atoms with Gasteiger partial charge in [0.2, 0.25) is 5.91 Å². The van der Waals surface area contributed by atoms with Gasteiger partial charge < -0.3 is 15.7 Å². The Morgan fingerprint density at radius 1 is 1.14 bits per heavy atom. The summed E-state index contributed by atoms with van der Waals surface area (Å²) in [6.45, 7) is 1.94. The standard InChI is InChI=1S/C15H20N2O4/c1-11(18)16-10-6-5-9-13(15(20)21)17-14(19)12-7-3-2-4-8-12/h2-4,7-8,13H,5-6,9-10H2,1H3,(H,16,18)(H,17,19)(H,20,21)/t13-/m1/s1. The number of carboxylic acids is 1. The van der Waals surface area contributed by atoms with Crippen molar-refractivity contribution in [2.24, 2.45) is 0 Å². The summed E-state index contributed by atoms with van der Waals surface area (Å²) >= 11 is 0. The number of carbonyl (C=O) groups is 3. The average Bonchev–Trinajstić information content (AvgIpc) is 2.45. The minimum Gasteiger partial charge on any atom is -0.480 e. The Morgan fingerprint density at radius 3 is 2.38 bits per heavy atom. The smallest absolute Gasteiger partial charge is 0.326 e. The molecule has 0 unspecified atom stereocenters. The molecule has 1 aromatic rings. The van der Waals surface area contributed by atoms with Gasteiger partial charge in [0.1, 0.15) is 6.04 Å². The molecule has 6 nitrogen and oxygen atoms in total. The molecule has 0 aromatic heterocycles. The maximum absolute atomic E-state index is 11.9. The van der Waals surface area contributed by atoms with Crippen molar-refractivity contribution >= 4 is 17.8 Å². The normalized spacial score (nSPS) is 11.5. The van der Waals surface area contributed by atoms with E-state index in [1.165, 1.54) is 6.92 Å². The van der Waals surface area contributed by atoms with Crippen LogP contribution in [0.1, 0.15) is 36.5 Å². The zero-order chi connectivity index (χ0) is 15.7. The van der Waals surface area contributed by atoms with E-state index in [4.69, 9.17) is 5.11 Å². The van der Waals surface area contributed by atoms with Gasteiger partial charge in [0.05, 0.1) is 0 Å². The number of carbonyl (C=O) groups excluding carboxylic acids is 2. The van der Waals surface area contributed by atoms with Gasteiger partial charge in [-0.05, 0) is 31.4 Å². The van der Waals surface area contributed by atoms with Gasteiger partial charge >= 0.3 is 5.97 Å². The predicted octanol–water partition coefficient (Wildman–Crippen LogP) is 1.18. The molecule has 0 fully saturated rings. The highest BCUT2D eigenvalue weighted by Crippen LogP contribution is 2.04. The van der Waals surface area contributed by atoms with Gasteiger partial charge in [-0.25, -0.2) is 4.79 Å². The van der Waals surface area contributed by atoms with Crippen LogP contribution in [0.5, 0.6) is 0 Å². The third-order valence-corrected chi connectivity index (χ3v) is 2.93. The number of carboxylic acid groups (broad SMARTS) is 1. The van der Waals surface area contributed by atoms with E-state index in [9.17, 15) is 14.4 Å². The number of rotatable bonds is 8. The molecule has 0 bridgehead atoms. The summed E-state index contributed by atoms with van der Waals surface area (Å²) in [6.07, 6.45) is 1.60. The number of benzene rings is 1. The van der Waals surface area contributed by atoms with E-state index in [2.05, 4.69) is 10.6 Å². The molecule has 3 N–H and O–H groups in total. The van der Waals surface area contributed by atoms with Crippen molar-refractivity contribution in [3.05, 3.63) is 35.9 Å². The first-order chi connectivity index (χ1) is 10.0. The lowest BCUT2D eigenvalue weighted by molar-refractivity contribution is -0.139. The van der Waals surface area contributed by atoms with Crippen molar-refractivity contribution in [1.82, 2.24) is 10.6 Å². The van der Waals surface area contributed by atoms with Crippen LogP contribution in [0.3, 0.4) is 0 Å². The van der Waals surface area contributed by atoms with E-state index in [-0.39, 0.29) is 5.91 Å². The number of unbranched alkanes of at least 4 members (excludes halogenated alkanes) is 1. The van der Waals surface area contributed by atoms with Crippen molar-refractivity contribution in [3.8, 4) is 0 Å². The van der Waals surface area contributed by atoms with Crippen molar-refractivity contribution in [3.63, 3.8) is 0 Å². The van der Waals surface area contributed by atoms with Crippen LogP contribution >= 0.6 is 0 Å². The summed E-state index contributed by atoms with van der Waals surface area (Å²) < 4.78 is 0. The second-order valence-corrected chi connectivity index (χ2v) is 4.71. The first-order valence-electron chi connectivity index (χ1n) is 6.84. The molecule has 0 spiro atoms. The molecule has 1 rings (SSSR count). The van der Waals surface area contributed by atoms with Crippen molar-refractivity contribution < 1.29 is 19.5 Å². The Labute approximate surface area is 123 Å². The molecule has 2 amide bonds. The van der Waals surface area contributed by atoms with Crippen LogP contribution in [-0.2, 0) is 9.59 Å². The molecule has 0 radical (unpaired) electrons. The zero-order valence-electron chi connectivity index (χ0n) is 12.0. The fourth-order valence-electron chi connectivity index (χ4n) is 1.83. The van der Waals surface area contributed by atoms with Gasteiger partial charge in [-0.15, -0.1) is 0 Å². The van der Waals surface area contributed by atoms with Gasteiger partial charge in [0, 0.05) is 19.0 Å². The lowest BCUT2D eigenvalue weighted by atomic mass is 10.1. The fourth-order valence-corrected chi connectivity index (χ4v) is 1.83. The molecular formula is C15H20N2O4. The highest BCUT2D eigenvalue weighted by atomic mass is 16.4. The second kappa shape index (κ2) is 8.73. The first-order valence-corrected chi connectivity index (χ1v) is 6.84. The van der Waals surface area contributed by atoms with Gasteiger partial charge in [-0.1, -0.05) is 18.2 Å². The highest BCUT2D eigenvalue weighted by Gasteiger charge is 2.19. The molecule has 0 saturated heterocycles. The summed E-state index contributed by atoms with van der Waals surface area (Å²) in [6, 6.07) is 7.56. The van der Waals surface area contributed by atoms with E-state index < -0.39 is 17.9 Å². The van der Waals surface area contributed by atoms with Crippen LogP contribution in [0.4, 0.5) is 0 Å². The maximum atomic E-state index is 11.9. The molecule has 0 saturated carbocycles. The predicted molar refractivity (Wildman–Crippen MR) is 77.9 cm³/mol. The van der Waals surface area contributed by atoms with Crippen LogP contribution in [0, 0.1) is 0 Å². The zero-order valence-corrected chi connectivity index (χ0v) is 12.0. The molecule has 21 heavy (non-hydrogen) atoms.